The molecule has 1 saturated carbocycles. The van der Waals surface area contributed by atoms with Gasteiger partial charge in [-0.15, -0.1) is 0 Å². The predicted octanol–water partition coefficient (Wildman–Crippen LogP) is 2.33. The monoisotopic (exact) mass is 232 g/mol. The molecule has 3 heteroatoms. The fraction of sp³-hybridized carbons (Fsp3) is 0.500. The Hall–Kier alpha value is -1.35. The normalized spacial score (nSPS) is 14.6. The molecule has 2 rings (SSSR count). The number of para-hydroxylation sites is 1. The van der Waals surface area contributed by atoms with E-state index in [1.165, 1.54) is 18.4 Å². The van der Waals surface area contributed by atoms with Gasteiger partial charge in [0.2, 0.25) is 5.91 Å². The zero-order valence-corrected chi connectivity index (χ0v) is 10.3. The van der Waals surface area contributed by atoms with Crippen molar-refractivity contribution in [1.29, 1.82) is 0 Å². The molecule has 0 saturated heterocycles. The number of aryl methyl sites for hydroxylation is 1. The molecule has 0 heterocycles. The first-order chi connectivity index (χ1) is 8.29. The van der Waals surface area contributed by atoms with Crippen LogP contribution in [0.1, 0.15) is 31.7 Å². The number of carbonyl (C=O) groups excluding carboxylic acids is 1. The Morgan fingerprint density at radius 1 is 1.35 bits per heavy atom. The van der Waals surface area contributed by atoms with Crippen LogP contribution in [0.15, 0.2) is 24.3 Å². The summed E-state index contributed by atoms with van der Waals surface area (Å²) in [7, 11) is 0. The van der Waals surface area contributed by atoms with Crippen molar-refractivity contribution in [3.63, 3.8) is 0 Å². The van der Waals surface area contributed by atoms with Crippen LogP contribution in [0.5, 0.6) is 0 Å². The summed E-state index contributed by atoms with van der Waals surface area (Å²) in [5.41, 5.74) is 2.17. The number of hydrogen-bond acceptors (Lipinski definition) is 2. The van der Waals surface area contributed by atoms with E-state index >= 15 is 0 Å². The van der Waals surface area contributed by atoms with Crippen LogP contribution in [0.4, 0.5) is 5.69 Å². The van der Waals surface area contributed by atoms with Crippen LogP contribution >= 0.6 is 0 Å². The van der Waals surface area contributed by atoms with Crippen molar-refractivity contribution in [3.8, 4) is 0 Å². The molecule has 0 atom stereocenters. The van der Waals surface area contributed by atoms with Crippen LogP contribution in [0, 0.1) is 0 Å². The largest absolute Gasteiger partial charge is 0.325 e. The molecule has 1 aliphatic carbocycles. The fourth-order valence-electron chi connectivity index (χ4n) is 1.85. The summed E-state index contributed by atoms with van der Waals surface area (Å²) in [5.74, 6) is 0.0560. The molecular formula is C14H20N2O. The third kappa shape index (κ3) is 3.86. The molecule has 0 aromatic heterocycles. The van der Waals surface area contributed by atoms with Gasteiger partial charge in [-0.1, -0.05) is 31.5 Å². The van der Waals surface area contributed by atoms with E-state index in [4.69, 9.17) is 0 Å². The first-order valence-electron chi connectivity index (χ1n) is 6.40. The van der Waals surface area contributed by atoms with Crippen LogP contribution in [0.3, 0.4) is 0 Å². The van der Waals surface area contributed by atoms with Crippen LogP contribution in [0.25, 0.3) is 0 Å². The lowest BCUT2D eigenvalue weighted by Gasteiger charge is -2.10. The minimum absolute atomic E-state index is 0.0560. The molecule has 17 heavy (non-hydrogen) atoms. The molecule has 1 aromatic rings. The second-order valence-electron chi connectivity index (χ2n) is 4.61. The molecule has 2 N–H and O–H groups in total. The Labute approximate surface area is 103 Å². The molecule has 0 aliphatic heterocycles. The van der Waals surface area contributed by atoms with Crippen LogP contribution < -0.4 is 10.6 Å². The number of anilines is 1. The molecule has 0 unspecified atom stereocenters. The molecule has 1 amide bonds. The molecule has 1 fully saturated rings. The third-order valence-electron chi connectivity index (χ3n) is 2.94. The van der Waals surface area contributed by atoms with Gasteiger partial charge in [0.05, 0.1) is 6.54 Å². The summed E-state index contributed by atoms with van der Waals surface area (Å²) < 4.78 is 0. The lowest BCUT2D eigenvalue weighted by molar-refractivity contribution is -0.115. The predicted molar refractivity (Wildman–Crippen MR) is 70.1 cm³/mol. The first kappa shape index (κ1) is 12.1. The second kappa shape index (κ2) is 5.82. The number of nitrogens with one attached hydrogen (secondary N) is 2. The van der Waals surface area contributed by atoms with E-state index in [0.717, 1.165) is 18.5 Å². The summed E-state index contributed by atoms with van der Waals surface area (Å²) in [5, 5.41) is 6.19. The van der Waals surface area contributed by atoms with Crippen molar-refractivity contribution < 1.29 is 4.79 Å². The van der Waals surface area contributed by atoms with Crippen molar-refractivity contribution in [2.24, 2.45) is 0 Å². The summed E-state index contributed by atoms with van der Waals surface area (Å²) in [6.45, 7) is 2.57. The average Bonchev–Trinajstić information content (AvgIpc) is 3.13. The molecule has 1 aliphatic rings. The van der Waals surface area contributed by atoms with Gasteiger partial charge in [-0.2, -0.15) is 0 Å². The zero-order chi connectivity index (χ0) is 12.1. The number of benzene rings is 1. The van der Waals surface area contributed by atoms with Gasteiger partial charge in [-0.25, -0.2) is 0 Å². The standard InChI is InChI=1S/C14H20N2O/c1-2-5-11-6-3-4-7-13(11)16-14(17)10-15-12-8-9-12/h3-4,6-7,12,15H,2,5,8-10H2,1H3,(H,16,17). The fourth-order valence-corrected chi connectivity index (χ4v) is 1.85. The van der Waals surface area contributed by atoms with Crippen molar-refractivity contribution in [1.82, 2.24) is 5.32 Å². The Balaban J connectivity index is 1.89. The van der Waals surface area contributed by atoms with Gasteiger partial charge in [0.25, 0.3) is 0 Å². The minimum Gasteiger partial charge on any atom is -0.325 e. The first-order valence-corrected chi connectivity index (χ1v) is 6.40. The summed E-state index contributed by atoms with van der Waals surface area (Å²) >= 11 is 0. The van der Waals surface area contributed by atoms with Gasteiger partial charge in [0.1, 0.15) is 0 Å². The van der Waals surface area contributed by atoms with Gasteiger partial charge in [-0.3, -0.25) is 4.79 Å². The van der Waals surface area contributed by atoms with E-state index in [9.17, 15) is 4.79 Å². The summed E-state index contributed by atoms with van der Waals surface area (Å²) in [4.78, 5) is 11.7. The summed E-state index contributed by atoms with van der Waals surface area (Å²) in [6.07, 6.45) is 4.51. The number of rotatable bonds is 6. The lowest BCUT2D eigenvalue weighted by atomic mass is 10.1. The van der Waals surface area contributed by atoms with Crippen molar-refractivity contribution in [2.75, 3.05) is 11.9 Å². The maximum Gasteiger partial charge on any atom is 0.238 e. The van der Waals surface area contributed by atoms with Crippen LogP contribution in [0.2, 0.25) is 0 Å². The third-order valence-corrected chi connectivity index (χ3v) is 2.94. The molecule has 0 bridgehead atoms. The zero-order valence-electron chi connectivity index (χ0n) is 10.3. The van der Waals surface area contributed by atoms with Gasteiger partial charge in [-0.05, 0) is 30.9 Å². The van der Waals surface area contributed by atoms with Gasteiger partial charge < -0.3 is 10.6 Å². The maximum absolute atomic E-state index is 11.7. The van der Waals surface area contributed by atoms with Crippen molar-refractivity contribution in [2.45, 2.75) is 38.6 Å². The minimum atomic E-state index is 0.0560. The van der Waals surface area contributed by atoms with E-state index < -0.39 is 0 Å². The van der Waals surface area contributed by atoms with E-state index in [0.29, 0.717) is 12.6 Å². The maximum atomic E-state index is 11.7. The Kier molecular flexibility index (Phi) is 4.15. The molecule has 1 aromatic carbocycles. The Bertz CT molecular complexity index is 386. The van der Waals surface area contributed by atoms with E-state index in [1.807, 2.05) is 18.2 Å². The quantitative estimate of drug-likeness (QED) is 0.790. The second-order valence-corrected chi connectivity index (χ2v) is 4.61. The smallest absolute Gasteiger partial charge is 0.238 e. The van der Waals surface area contributed by atoms with Crippen molar-refractivity contribution >= 4 is 11.6 Å². The summed E-state index contributed by atoms with van der Waals surface area (Å²) in [6, 6.07) is 8.60. The Morgan fingerprint density at radius 3 is 2.82 bits per heavy atom. The highest BCUT2D eigenvalue weighted by Crippen LogP contribution is 2.19. The Morgan fingerprint density at radius 2 is 2.12 bits per heavy atom. The van der Waals surface area contributed by atoms with E-state index in [-0.39, 0.29) is 5.91 Å². The molecule has 3 nitrogen and oxygen atoms in total. The topological polar surface area (TPSA) is 41.1 Å². The molecular weight excluding hydrogens is 212 g/mol. The van der Waals surface area contributed by atoms with Crippen LogP contribution in [-0.4, -0.2) is 18.5 Å². The average molecular weight is 232 g/mol. The van der Waals surface area contributed by atoms with Gasteiger partial charge in [0, 0.05) is 11.7 Å². The number of carbonyl (C=O) groups is 1. The van der Waals surface area contributed by atoms with E-state index in [2.05, 4.69) is 23.6 Å². The number of hydrogen-bond donors (Lipinski definition) is 2. The highest BCUT2D eigenvalue weighted by atomic mass is 16.1. The number of amides is 1. The molecule has 0 radical (unpaired) electrons. The molecule has 92 valence electrons. The van der Waals surface area contributed by atoms with Gasteiger partial charge >= 0.3 is 0 Å². The SMILES string of the molecule is CCCc1ccccc1NC(=O)CNC1CC1. The van der Waals surface area contributed by atoms with Crippen LogP contribution in [-0.2, 0) is 11.2 Å². The highest BCUT2D eigenvalue weighted by Gasteiger charge is 2.21. The van der Waals surface area contributed by atoms with E-state index in [1.54, 1.807) is 0 Å². The lowest BCUT2D eigenvalue weighted by Crippen LogP contribution is -2.29. The highest BCUT2D eigenvalue weighted by molar-refractivity contribution is 5.93. The van der Waals surface area contributed by atoms with Crippen molar-refractivity contribution in [3.05, 3.63) is 29.8 Å². The molecule has 0 spiro atoms. The van der Waals surface area contributed by atoms with Gasteiger partial charge in [0.15, 0.2) is 0 Å².